The van der Waals surface area contributed by atoms with Crippen molar-refractivity contribution in [3.8, 4) is 0 Å². The van der Waals surface area contributed by atoms with Crippen molar-refractivity contribution in [2.24, 2.45) is 5.92 Å². The summed E-state index contributed by atoms with van der Waals surface area (Å²) in [6.45, 7) is 7.53. The Kier molecular flexibility index (Phi) is 5.16. The van der Waals surface area contributed by atoms with Crippen LogP contribution in [0.5, 0.6) is 0 Å². The van der Waals surface area contributed by atoms with Gasteiger partial charge >= 0.3 is 6.03 Å². The molecule has 1 saturated heterocycles. The fourth-order valence-corrected chi connectivity index (χ4v) is 4.48. The van der Waals surface area contributed by atoms with Gasteiger partial charge in [-0.1, -0.05) is 19.0 Å². The number of piperidine rings is 1. The molecule has 2 aromatic heterocycles. The highest BCUT2D eigenvalue weighted by Crippen LogP contribution is 2.42. The van der Waals surface area contributed by atoms with Crippen molar-refractivity contribution in [2.45, 2.75) is 64.3 Å². The maximum absolute atomic E-state index is 12.8. The average Bonchev–Trinajstić information content (AvgIpc) is 3.20. The molecule has 1 saturated carbocycles. The van der Waals surface area contributed by atoms with E-state index in [0.717, 1.165) is 42.5 Å². The number of nitrogens with zero attached hydrogens (tertiary/aromatic N) is 4. The Labute approximate surface area is 163 Å². The SMILES string of the molecule is Cc1csc(C(NC(=O)N2CCC(c3noc(C(C)C)n3)CC2)C2CC2)n1. The molecule has 8 heteroatoms. The van der Waals surface area contributed by atoms with Gasteiger partial charge in [-0.15, -0.1) is 11.3 Å². The van der Waals surface area contributed by atoms with Gasteiger partial charge in [0.25, 0.3) is 0 Å². The monoisotopic (exact) mass is 389 g/mol. The molecule has 2 fully saturated rings. The number of amides is 2. The zero-order valence-electron chi connectivity index (χ0n) is 16.1. The number of hydrogen-bond donors (Lipinski definition) is 1. The van der Waals surface area contributed by atoms with Gasteiger partial charge in [-0.2, -0.15) is 4.98 Å². The number of likely N-dealkylation sites (tertiary alicyclic amines) is 1. The number of nitrogens with one attached hydrogen (secondary N) is 1. The van der Waals surface area contributed by atoms with E-state index in [-0.39, 0.29) is 23.9 Å². The standard InChI is InChI=1S/C19H27N5O2S/c1-11(2)17-22-16(23-26-17)14-6-8-24(9-7-14)19(25)21-15(13-4-5-13)18-20-12(3)10-27-18/h10-11,13-15H,4-9H2,1-3H3,(H,21,25). The molecule has 0 bridgehead atoms. The van der Waals surface area contributed by atoms with E-state index in [1.54, 1.807) is 11.3 Å². The van der Waals surface area contributed by atoms with Gasteiger partial charge < -0.3 is 14.7 Å². The number of hydrogen-bond acceptors (Lipinski definition) is 6. The summed E-state index contributed by atoms with van der Waals surface area (Å²) < 4.78 is 5.33. The van der Waals surface area contributed by atoms with Crippen molar-refractivity contribution >= 4 is 17.4 Å². The van der Waals surface area contributed by atoms with E-state index in [1.165, 1.54) is 12.8 Å². The Morgan fingerprint density at radius 1 is 1.26 bits per heavy atom. The van der Waals surface area contributed by atoms with Crippen molar-refractivity contribution < 1.29 is 9.32 Å². The van der Waals surface area contributed by atoms with Gasteiger partial charge in [0.15, 0.2) is 5.82 Å². The molecule has 3 heterocycles. The lowest BCUT2D eigenvalue weighted by molar-refractivity contribution is 0.175. The Morgan fingerprint density at radius 3 is 2.56 bits per heavy atom. The lowest BCUT2D eigenvalue weighted by atomic mass is 9.96. The fraction of sp³-hybridized carbons (Fsp3) is 0.684. The zero-order valence-corrected chi connectivity index (χ0v) is 17.0. The van der Waals surface area contributed by atoms with E-state index >= 15 is 0 Å². The number of rotatable bonds is 5. The fourth-order valence-electron chi connectivity index (χ4n) is 3.54. The third-order valence-corrected chi connectivity index (χ3v) is 6.42. The second-order valence-corrected chi connectivity index (χ2v) is 8.89. The first-order valence-electron chi connectivity index (χ1n) is 9.82. The molecule has 1 aliphatic carbocycles. The smallest absolute Gasteiger partial charge is 0.317 e. The normalized spacial score (nSPS) is 19.5. The average molecular weight is 390 g/mol. The summed E-state index contributed by atoms with van der Waals surface area (Å²) in [5, 5.41) is 10.5. The first kappa shape index (κ1) is 18.4. The van der Waals surface area contributed by atoms with Gasteiger partial charge in [0.05, 0.1) is 6.04 Å². The summed E-state index contributed by atoms with van der Waals surface area (Å²) in [5.74, 6) is 2.52. The first-order chi connectivity index (χ1) is 13.0. The number of aryl methyl sites for hydroxylation is 1. The number of urea groups is 1. The topological polar surface area (TPSA) is 84.2 Å². The summed E-state index contributed by atoms with van der Waals surface area (Å²) in [7, 11) is 0. The van der Waals surface area contributed by atoms with Crippen LogP contribution in [0.1, 0.15) is 79.8 Å². The Hall–Kier alpha value is -1.96. The van der Waals surface area contributed by atoms with Crippen LogP contribution in [0.15, 0.2) is 9.90 Å². The summed E-state index contributed by atoms with van der Waals surface area (Å²) >= 11 is 1.65. The quantitative estimate of drug-likeness (QED) is 0.835. The number of thiazole rings is 1. The number of aromatic nitrogens is 3. The molecule has 2 aromatic rings. The maximum atomic E-state index is 12.8. The van der Waals surface area contributed by atoms with E-state index in [9.17, 15) is 4.79 Å². The third-order valence-electron chi connectivity index (χ3n) is 5.37. The highest BCUT2D eigenvalue weighted by Gasteiger charge is 2.37. The van der Waals surface area contributed by atoms with Crippen LogP contribution < -0.4 is 5.32 Å². The summed E-state index contributed by atoms with van der Waals surface area (Å²) in [6.07, 6.45) is 4.08. The highest BCUT2D eigenvalue weighted by atomic mass is 32.1. The molecule has 1 aliphatic heterocycles. The molecule has 1 unspecified atom stereocenters. The molecule has 0 spiro atoms. The van der Waals surface area contributed by atoms with Crippen molar-refractivity contribution in [3.63, 3.8) is 0 Å². The minimum Gasteiger partial charge on any atom is -0.339 e. The molecule has 1 N–H and O–H groups in total. The molecule has 7 nitrogen and oxygen atoms in total. The second-order valence-electron chi connectivity index (χ2n) is 8.00. The van der Waals surface area contributed by atoms with Gasteiger partial charge in [-0.25, -0.2) is 9.78 Å². The van der Waals surface area contributed by atoms with Crippen molar-refractivity contribution in [3.05, 3.63) is 27.8 Å². The van der Waals surface area contributed by atoms with Gasteiger partial charge in [0.1, 0.15) is 5.01 Å². The maximum Gasteiger partial charge on any atom is 0.317 e. The molecule has 27 heavy (non-hydrogen) atoms. The highest BCUT2D eigenvalue weighted by molar-refractivity contribution is 7.09. The van der Waals surface area contributed by atoms with Gasteiger partial charge in [-0.3, -0.25) is 0 Å². The second kappa shape index (κ2) is 7.58. The van der Waals surface area contributed by atoms with Crippen LogP contribution in [0, 0.1) is 12.8 Å². The van der Waals surface area contributed by atoms with Crippen LogP contribution in [0.3, 0.4) is 0 Å². The van der Waals surface area contributed by atoms with Crippen LogP contribution in [0.25, 0.3) is 0 Å². The molecule has 4 rings (SSSR count). The minimum absolute atomic E-state index is 0.0224. The molecular weight excluding hydrogens is 362 g/mol. The van der Waals surface area contributed by atoms with E-state index < -0.39 is 0 Å². The predicted molar refractivity (Wildman–Crippen MR) is 103 cm³/mol. The van der Waals surface area contributed by atoms with Crippen LogP contribution in [-0.2, 0) is 0 Å². The number of carbonyl (C=O) groups is 1. The molecule has 0 radical (unpaired) electrons. The van der Waals surface area contributed by atoms with Crippen molar-refractivity contribution in [1.82, 2.24) is 25.3 Å². The van der Waals surface area contributed by atoms with E-state index in [1.807, 2.05) is 25.7 Å². The number of carbonyl (C=O) groups excluding carboxylic acids is 1. The van der Waals surface area contributed by atoms with E-state index in [2.05, 4.69) is 25.8 Å². The van der Waals surface area contributed by atoms with E-state index in [0.29, 0.717) is 11.8 Å². The van der Waals surface area contributed by atoms with Gasteiger partial charge in [-0.05, 0) is 38.5 Å². The Morgan fingerprint density at radius 2 is 2.00 bits per heavy atom. The Bertz CT molecular complexity index is 790. The summed E-state index contributed by atoms with van der Waals surface area (Å²) in [4.78, 5) is 23.8. The lowest BCUT2D eigenvalue weighted by Gasteiger charge is -2.32. The van der Waals surface area contributed by atoms with Gasteiger partial charge in [0, 0.05) is 36.0 Å². The van der Waals surface area contributed by atoms with Crippen LogP contribution >= 0.6 is 11.3 Å². The molecule has 2 aliphatic rings. The summed E-state index contributed by atoms with van der Waals surface area (Å²) in [6, 6.07) is 0.0777. The molecule has 1 atom stereocenters. The predicted octanol–water partition coefficient (Wildman–Crippen LogP) is 4.00. The molecule has 2 amide bonds. The lowest BCUT2D eigenvalue weighted by Crippen LogP contribution is -2.45. The summed E-state index contributed by atoms with van der Waals surface area (Å²) in [5.41, 5.74) is 1.02. The van der Waals surface area contributed by atoms with Crippen LogP contribution in [0.4, 0.5) is 4.79 Å². The zero-order chi connectivity index (χ0) is 19.0. The molecule has 0 aromatic carbocycles. The van der Waals surface area contributed by atoms with Crippen molar-refractivity contribution in [1.29, 1.82) is 0 Å². The molecular formula is C19H27N5O2S. The minimum atomic E-state index is 0.0224. The van der Waals surface area contributed by atoms with Crippen molar-refractivity contribution in [2.75, 3.05) is 13.1 Å². The first-order valence-corrected chi connectivity index (χ1v) is 10.7. The third kappa shape index (κ3) is 4.15. The Balaban J connectivity index is 1.34. The van der Waals surface area contributed by atoms with Crippen LogP contribution in [-0.4, -0.2) is 39.1 Å². The molecule has 146 valence electrons. The van der Waals surface area contributed by atoms with E-state index in [4.69, 9.17) is 4.52 Å². The van der Waals surface area contributed by atoms with Crippen LogP contribution in [0.2, 0.25) is 0 Å². The van der Waals surface area contributed by atoms with Gasteiger partial charge in [0.2, 0.25) is 5.89 Å². The largest absolute Gasteiger partial charge is 0.339 e.